The Morgan fingerprint density at radius 3 is 2.44 bits per heavy atom. The summed E-state index contributed by atoms with van der Waals surface area (Å²) >= 11 is 0. The van der Waals surface area contributed by atoms with Gasteiger partial charge in [-0.05, 0) is 31.5 Å². The molecule has 0 saturated heterocycles. The molecule has 0 atom stereocenters. The van der Waals surface area contributed by atoms with Gasteiger partial charge in [-0.15, -0.1) is 0 Å². The minimum atomic E-state index is -0.197. The zero-order chi connectivity index (χ0) is 22.9. The zero-order valence-electron chi connectivity index (χ0n) is 18.9. The molecule has 0 unspecified atom stereocenters. The summed E-state index contributed by atoms with van der Waals surface area (Å²) in [6.45, 7) is 10.4. The van der Waals surface area contributed by atoms with Crippen molar-refractivity contribution < 1.29 is 9.32 Å². The predicted octanol–water partition coefficient (Wildman–Crippen LogP) is 4.16. The molecule has 3 heterocycles. The van der Waals surface area contributed by atoms with Gasteiger partial charge in [-0.2, -0.15) is 10.1 Å². The highest BCUT2D eigenvalue weighted by atomic mass is 16.5. The summed E-state index contributed by atoms with van der Waals surface area (Å²) in [7, 11) is 0. The highest BCUT2D eigenvalue weighted by Gasteiger charge is 2.22. The van der Waals surface area contributed by atoms with Gasteiger partial charge in [0.25, 0.3) is 11.8 Å². The van der Waals surface area contributed by atoms with Crippen LogP contribution in [0.25, 0.3) is 17.3 Å². The van der Waals surface area contributed by atoms with E-state index in [9.17, 15) is 4.79 Å². The van der Waals surface area contributed by atoms with Crippen LogP contribution >= 0.6 is 0 Å². The maximum atomic E-state index is 12.7. The number of carbonyl (C=O) groups is 1. The third kappa shape index (κ3) is 4.44. The molecule has 1 amide bonds. The molecule has 0 aliphatic heterocycles. The van der Waals surface area contributed by atoms with Crippen LogP contribution in [0.5, 0.6) is 0 Å². The number of carbonyl (C=O) groups excluding carboxylic acids is 1. The smallest absolute Gasteiger partial charge is 0.259 e. The number of hydrogen-bond acceptors (Lipinski definition) is 6. The third-order valence-corrected chi connectivity index (χ3v) is 5.14. The Kier molecular flexibility index (Phi) is 5.61. The minimum Gasteiger partial charge on any atom is -0.348 e. The first kappa shape index (κ1) is 21.4. The van der Waals surface area contributed by atoms with Crippen molar-refractivity contribution in [2.24, 2.45) is 0 Å². The molecule has 1 N–H and O–H groups in total. The Bertz CT molecular complexity index is 1230. The fourth-order valence-corrected chi connectivity index (χ4v) is 3.13. The van der Waals surface area contributed by atoms with Crippen LogP contribution in [0, 0.1) is 13.8 Å². The molecule has 0 fully saturated rings. The molecule has 8 heteroatoms. The number of amides is 1. The molecular formula is C24H26N6O2. The van der Waals surface area contributed by atoms with Crippen LogP contribution in [0.3, 0.4) is 0 Å². The van der Waals surface area contributed by atoms with E-state index in [1.807, 2.05) is 71.0 Å². The van der Waals surface area contributed by atoms with Crippen molar-refractivity contribution in [3.8, 4) is 17.3 Å². The lowest BCUT2D eigenvalue weighted by molar-refractivity contribution is 0.0950. The van der Waals surface area contributed by atoms with Crippen molar-refractivity contribution in [3.05, 3.63) is 77.0 Å². The summed E-state index contributed by atoms with van der Waals surface area (Å²) < 4.78 is 7.01. The number of aryl methyl sites for hydroxylation is 1. The van der Waals surface area contributed by atoms with Crippen molar-refractivity contribution in [1.29, 1.82) is 0 Å². The van der Waals surface area contributed by atoms with Gasteiger partial charge in [0.15, 0.2) is 11.6 Å². The van der Waals surface area contributed by atoms with Crippen LogP contribution in [0.15, 0.2) is 53.3 Å². The summed E-state index contributed by atoms with van der Waals surface area (Å²) in [6.07, 6.45) is 3.22. The third-order valence-electron chi connectivity index (χ3n) is 5.14. The van der Waals surface area contributed by atoms with E-state index in [0.29, 0.717) is 35.3 Å². The Morgan fingerprint density at radius 1 is 1.06 bits per heavy atom. The van der Waals surface area contributed by atoms with Gasteiger partial charge in [0.2, 0.25) is 0 Å². The Balaban J connectivity index is 1.48. The quantitative estimate of drug-likeness (QED) is 0.510. The topological polar surface area (TPSA) is 98.7 Å². The van der Waals surface area contributed by atoms with Gasteiger partial charge in [-0.3, -0.25) is 4.79 Å². The lowest BCUT2D eigenvalue weighted by Gasteiger charge is -2.10. The second kappa shape index (κ2) is 8.37. The minimum absolute atomic E-state index is 0.175. The van der Waals surface area contributed by atoms with Gasteiger partial charge < -0.3 is 9.84 Å². The predicted molar refractivity (Wildman–Crippen MR) is 120 cm³/mol. The zero-order valence-corrected chi connectivity index (χ0v) is 18.9. The summed E-state index contributed by atoms with van der Waals surface area (Å²) in [5.41, 5.74) is 3.97. The molecule has 3 aromatic heterocycles. The van der Waals surface area contributed by atoms with Crippen LogP contribution < -0.4 is 5.32 Å². The number of hydrogen-bond donors (Lipinski definition) is 1. The van der Waals surface area contributed by atoms with Gasteiger partial charge in [0.1, 0.15) is 0 Å². The molecule has 0 radical (unpaired) electrons. The number of rotatable bonds is 5. The fraction of sp³-hybridized carbons (Fsp3) is 0.292. The van der Waals surface area contributed by atoms with Crippen LogP contribution in [-0.4, -0.2) is 30.8 Å². The Morgan fingerprint density at radius 2 is 1.81 bits per heavy atom. The van der Waals surface area contributed by atoms with Crippen LogP contribution in [0.2, 0.25) is 0 Å². The highest BCUT2D eigenvalue weighted by molar-refractivity contribution is 5.95. The molecular weight excluding hydrogens is 404 g/mol. The van der Waals surface area contributed by atoms with Crippen LogP contribution in [0.4, 0.5) is 0 Å². The first-order valence-electron chi connectivity index (χ1n) is 10.4. The van der Waals surface area contributed by atoms with Gasteiger partial charge in [0.05, 0.1) is 23.0 Å². The molecule has 164 valence electrons. The van der Waals surface area contributed by atoms with Crippen molar-refractivity contribution in [2.75, 3.05) is 0 Å². The van der Waals surface area contributed by atoms with E-state index in [1.54, 1.807) is 17.1 Å². The number of aromatic nitrogens is 5. The van der Waals surface area contributed by atoms with Crippen molar-refractivity contribution in [3.63, 3.8) is 0 Å². The number of nitrogens with zero attached hydrogens (tertiary/aromatic N) is 5. The molecule has 0 saturated carbocycles. The summed E-state index contributed by atoms with van der Waals surface area (Å²) in [4.78, 5) is 21.6. The Labute approximate surface area is 186 Å². The molecule has 32 heavy (non-hydrogen) atoms. The average molecular weight is 431 g/mol. The van der Waals surface area contributed by atoms with Gasteiger partial charge in [-0.1, -0.05) is 55.8 Å². The molecule has 4 aromatic rings. The summed E-state index contributed by atoms with van der Waals surface area (Å²) in [5.74, 6) is 1.48. The number of nitrogens with one attached hydrogen (secondary N) is 1. The second-order valence-electron chi connectivity index (χ2n) is 8.80. The van der Waals surface area contributed by atoms with E-state index < -0.39 is 0 Å². The molecule has 1 aromatic carbocycles. The number of benzene rings is 1. The molecule has 0 spiro atoms. The first-order chi connectivity index (χ1) is 15.2. The summed E-state index contributed by atoms with van der Waals surface area (Å²) in [5, 5.41) is 11.3. The lowest BCUT2D eigenvalue weighted by atomic mass is 9.96. The average Bonchev–Trinajstić information content (AvgIpc) is 3.41. The van der Waals surface area contributed by atoms with Gasteiger partial charge in [0, 0.05) is 18.2 Å². The van der Waals surface area contributed by atoms with E-state index in [4.69, 9.17) is 4.52 Å². The monoisotopic (exact) mass is 430 g/mol. The maximum Gasteiger partial charge on any atom is 0.259 e. The van der Waals surface area contributed by atoms with Crippen molar-refractivity contribution in [1.82, 2.24) is 30.2 Å². The first-order valence-corrected chi connectivity index (χ1v) is 10.4. The van der Waals surface area contributed by atoms with E-state index >= 15 is 0 Å². The standard InChI is InChI=1S/C24H26N6O2/c1-15-6-8-17(9-7-15)12-26-21(31)19-14-27-30(16(19)2)20-11-10-18(13-25-20)22-28-23(29-32-22)24(3,4)5/h6-11,13-14H,12H2,1-5H3,(H,26,31). The number of pyridine rings is 1. The molecule has 0 aliphatic rings. The lowest BCUT2D eigenvalue weighted by Crippen LogP contribution is -2.23. The molecule has 0 bridgehead atoms. The molecule has 8 nitrogen and oxygen atoms in total. The van der Waals surface area contributed by atoms with Crippen LogP contribution in [-0.2, 0) is 12.0 Å². The normalized spacial score (nSPS) is 11.5. The van der Waals surface area contributed by atoms with Gasteiger partial charge >= 0.3 is 0 Å². The SMILES string of the molecule is Cc1ccc(CNC(=O)c2cnn(-c3ccc(-c4nc(C(C)(C)C)no4)cn3)c2C)cc1. The summed E-state index contributed by atoms with van der Waals surface area (Å²) in [6, 6.07) is 11.7. The van der Waals surface area contributed by atoms with E-state index in [0.717, 1.165) is 11.1 Å². The maximum absolute atomic E-state index is 12.7. The molecule has 4 rings (SSSR count). The highest BCUT2D eigenvalue weighted by Crippen LogP contribution is 2.24. The largest absolute Gasteiger partial charge is 0.348 e. The molecule has 0 aliphatic carbocycles. The van der Waals surface area contributed by atoms with Crippen molar-refractivity contribution in [2.45, 2.75) is 46.6 Å². The second-order valence-corrected chi connectivity index (χ2v) is 8.80. The van der Waals surface area contributed by atoms with E-state index in [1.165, 1.54) is 5.56 Å². The Hall–Kier alpha value is -3.81. The fourth-order valence-electron chi connectivity index (χ4n) is 3.13. The van der Waals surface area contributed by atoms with Crippen LogP contribution in [0.1, 0.15) is 53.8 Å². The van der Waals surface area contributed by atoms with E-state index in [-0.39, 0.29) is 11.3 Å². The van der Waals surface area contributed by atoms with Gasteiger partial charge in [-0.25, -0.2) is 9.67 Å². The van der Waals surface area contributed by atoms with E-state index in [2.05, 4.69) is 25.5 Å². The van der Waals surface area contributed by atoms with Crippen molar-refractivity contribution >= 4 is 5.91 Å².